The topological polar surface area (TPSA) is 98.3 Å². The third kappa shape index (κ3) is 4.96. The molecule has 7 heteroatoms. The molecule has 0 fully saturated rings. The molecule has 0 bridgehead atoms. The third-order valence-electron chi connectivity index (χ3n) is 4.07. The summed E-state index contributed by atoms with van der Waals surface area (Å²) in [5.41, 5.74) is 6.26. The van der Waals surface area contributed by atoms with Gasteiger partial charge in [0.2, 0.25) is 5.91 Å². The van der Waals surface area contributed by atoms with Crippen LogP contribution in [-0.2, 0) is 11.2 Å². The van der Waals surface area contributed by atoms with Gasteiger partial charge in [-0.2, -0.15) is 0 Å². The van der Waals surface area contributed by atoms with Gasteiger partial charge in [0.1, 0.15) is 0 Å². The number of nitro groups is 1. The second-order valence-electron chi connectivity index (χ2n) is 5.12. The summed E-state index contributed by atoms with van der Waals surface area (Å²) in [6.07, 6.45) is 2.06. The van der Waals surface area contributed by atoms with Crippen LogP contribution in [0.25, 0.3) is 0 Å². The Bertz CT molecular complexity index is 479. The van der Waals surface area contributed by atoms with Gasteiger partial charge in [-0.25, -0.2) is 0 Å². The summed E-state index contributed by atoms with van der Waals surface area (Å²) in [6, 6.07) is 6.36. The van der Waals surface area contributed by atoms with E-state index in [4.69, 9.17) is 5.73 Å². The molecule has 1 aromatic rings. The lowest BCUT2D eigenvalue weighted by Gasteiger charge is -2.28. The lowest BCUT2D eigenvalue weighted by atomic mass is 9.81. The average Bonchev–Trinajstić information content (AvgIpc) is 2.50. The highest BCUT2D eigenvalue weighted by Crippen LogP contribution is 2.24. The van der Waals surface area contributed by atoms with Crippen LogP contribution < -0.4 is 11.1 Å². The van der Waals surface area contributed by atoms with E-state index in [9.17, 15) is 14.9 Å². The number of halogens is 1. The monoisotopic (exact) mass is 329 g/mol. The first-order valence-corrected chi connectivity index (χ1v) is 7.20. The number of nitro benzene ring substituents is 1. The van der Waals surface area contributed by atoms with Crippen molar-refractivity contribution < 1.29 is 9.72 Å². The molecule has 0 saturated carbocycles. The molecule has 0 aromatic heterocycles. The van der Waals surface area contributed by atoms with Crippen LogP contribution in [0.1, 0.15) is 32.3 Å². The number of non-ortho nitro benzene ring substituents is 1. The molecule has 0 saturated heterocycles. The molecule has 0 unspecified atom stereocenters. The fraction of sp³-hybridized carbons (Fsp3) is 0.533. The van der Waals surface area contributed by atoms with Gasteiger partial charge >= 0.3 is 0 Å². The van der Waals surface area contributed by atoms with Crippen LogP contribution in [0.15, 0.2) is 24.3 Å². The van der Waals surface area contributed by atoms with E-state index in [0.29, 0.717) is 32.4 Å². The standard InChI is InChI=1S/C15H23N3O3.ClH/c1-3-15(4-2,11-16)14(19)17-10-9-12-5-7-13(8-6-12)18(20)21;/h5-8H,3-4,9-11,16H2,1-2H3,(H,17,19);1H. The van der Waals surface area contributed by atoms with Crippen LogP contribution in [0, 0.1) is 15.5 Å². The summed E-state index contributed by atoms with van der Waals surface area (Å²) >= 11 is 0. The minimum Gasteiger partial charge on any atom is -0.355 e. The van der Waals surface area contributed by atoms with Crippen LogP contribution in [0.4, 0.5) is 5.69 Å². The zero-order valence-electron chi connectivity index (χ0n) is 13.0. The van der Waals surface area contributed by atoms with Gasteiger partial charge in [-0.05, 0) is 24.8 Å². The van der Waals surface area contributed by atoms with Crippen molar-refractivity contribution in [2.45, 2.75) is 33.1 Å². The fourth-order valence-corrected chi connectivity index (χ4v) is 2.24. The van der Waals surface area contributed by atoms with Gasteiger partial charge in [-0.1, -0.05) is 26.0 Å². The van der Waals surface area contributed by atoms with Crippen molar-refractivity contribution >= 4 is 24.0 Å². The first-order valence-electron chi connectivity index (χ1n) is 7.20. The minimum absolute atomic E-state index is 0. The Hall–Kier alpha value is -1.66. The molecular formula is C15H24ClN3O3. The summed E-state index contributed by atoms with van der Waals surface area (Å²) in [6.45, 7) is 4.76. The number of amides is 1. The van der Waals surface area contributed by atoms with E-state index < -0.39 is 10.3 Å². The number of carbonyl (C=O) groups excluding carboxylic acids is 1. The van der Waals surface area contributed by atoms with Gasteiger partial charge in [0.05, 0.1) is 10.3 Å². The molecule has 0 aliphatic carbocycles. The van der Waals surface area contributed by atoms with Gasteiger partial charge in [-0.3, -0.25) is 14.9 Å². The molecule has 0 atom stereocenters. The van der Waals surface area contributed by atoms with E-state index in [2.05, 4.69) is 5.32 Å². The second-order valence-corrected chi connectivity index (χ2v) is 5.12. The van der Waals surface area contributed by atoms with Gasteiger partial charge in [0.25, 0.3) is 5.69 Å². The zero-order chi connectivity index (χ0) is 15.9. The predicted molar refractivity (Wildman–Crippen MR) is 89.1 cm³/mol. The Kier molecular flexibility index (Phi) is 8.67. The van der Waals surface area contributed by atoms with Crippen molar-refractivity contribution in [2.75, 3.05) is 13.1 Å². The zero-order valence-corrected chi connectivity index (χ0v) is 13.8. The van der Waals surface area contributed by atoms with E-state index in [1.165, 1.54) is 12.1 Å². The summed E-state index contributed by atoms with van der Waals surface area (Å²) in [5.74, 6) is -0.0167. The van der Waals surface area contributed by atoms with Crippen molar-refractivity contribution in [3.05, 3.63) is 39.9 Å². The van der Waals surface area contributed by atoms with Gasteiger partial charge in [0.15, 0.2) is 0 Å². The van der Waals surface area contributed by atoms with Crippen molar-refractivity contribution in [2.24, 2.45) is 11.1 Å². The van der Waals surface area contributed by atoms with Gasteiger partial charge in [-0.15, -0.1) is 12.4 Å². The predicted octanol–water partition coefficient (Wildman–Crippen LogP) is 2.44. The molecule has 0 aliphatic heterocycles. The fourth-order valence-electron chi connectivity index (χ4n) is 2.24. The van der Waals surface area contributed by atoms with Crippen LogP contribution in [0.3, 0.4) is 0 Å². The van der Waals surface area contributed by atoms with E-state index in [1.54, 1.807) is 12.1 Å². The molecule has 1 rings (SSSR count). The van der Waals surface area contributed by atoms with E-state index in [0.717, 1.165) is 5.56 Å². The molecular weight excluding hydrogens is 306 g/mol. The molecule has 0 spiro atoms. The molecule has 1 aromatic carbocycles. The van der Waals surface area contributed by atoms with Crippen molar-refractivity contribution in [1.29, 1.82) is 0 Å². The van der Waals surface area contributed by atoms with Gasteiger partial charge < -0.3 is 11.1 Å². The molecule has 0 heterocycles. The van der Waals surface area contributed by atoms with Crippen molar-refractivity contribution in [1.82, 2.24) is 5.32 Å². The van der Waals surface area contributed by atoms with Crippen LogP contribution in [0.2, 0.25) is 0 Å². The number of nitrogens with zero attached hydrogens (tertiary/aromatic N) is 1. The summed E-state index contributed by atoms with van der Waals surface area (Å²) in [5, 5.41) is 13.5. The number of hydrogen-bond donors (Lipinski definition) is 2. The van der Waals surface area contributed by atoms with Crippen LogP contribution >= 0.6 is 12.4 Å². The van der Waals surface area contributed by atoms with Crippen LogP contribution in [0.5, 0.6) is 0 Å². The second kappa shape index (κ2) is 9.38. The Morgan fingerprint density at radius 3 is 2.23 bits per heavy atom. The number of hydrogen-bond acceptors (Lipinski definition) is 4. The van der Waals surface area contributed by atoms with Crippen LogP contribution in [-0.4, -0.2) is 23.9 Å². The Morgan fingerprint density at radius 2 is 1.82 bits per heavy atom. The van der Waals surface area contributed by atoms with E-state index in [-0.39, 0.29) is 24.0 Å². The Labute approximate surface area is 137 Å². The highest BCUT2D eigenvalue weighted by molar-refractivity contribution is 5.85. The Morgan fingerprint density at radius 1 is 1.27 bits per heavy atom. The summed E-state index contributed by atoms with van der Waals surface area (Å²) in [4.78, 5) is 22.3. The highest BCUT2D eigenvalue weighted by Gasteiger charge is 2.32. The highest BCUT2D eigenvalue weighted by atomic mass is 35.5. The molecule has 124 valence electrons. The quantitative estimate of drug-likeness (QED) is 0.565. The maximum Gasteiger partial charge on any atom is 0.269 e. The normalized spacial score (nSPS) is 10.7. The van der Waals surface area contributed by atoms with Gasteiger partial charge in [0, 0.05) is 25.2 Å². The molecule has 3 N–H and O–H groups in total. The molecule has 22 heavy (non-hydrogen) atoms. The smallest absolute Gasteiger partial charge is 0.269 e. The third-order valence-corrected chi connectivity index (χ3v) is 4.07. The first-order chi connectivity index (χ1) is 9.99. The maximum atomic E-state index is 12.2. The molecule has 1 amide bonds. The minimum atomic E-state index is -0.491. The van der Waals surface area contributed by atoms with Crippen molar-refractivity contribution in [3.8, 4) is 0 Å². The molecule has 0 radical (unpaired) electrons. The number of rotatable bonds is 8. The largest absolute Gasteiger partial charge is 0.355 e. The summed E-state index contributed by atoms with van der Waals surface area (Å²) in [7, 11) is 0. The maximum absolute atomic E-state index is 12.2. The van der Waals surface area contributed by atoms with Crippen molar-refractivity contribution in [3.63, 3.8) is 0 Å². The first kappa shape index (κ1) is 20.3. The number of carbonyl (C=O) groups is 1. The summed E-state index contributed by atoms with van der Waals surface area (Å²) < 4.78 is 0. The van der Waals surface area contributed by atoms with E-state index >= 15 is 0 Å². The van der Waals surface area contributed by atoms with E-state index in [1.807, 2.05) is 13.8 Å². The lowest BCUT2D eigenvalue weighted by molar-refractivity contribution is -0.384. The molecule has 6 nitrogen and oxygen atoms in total. The lowest BCUT2D eigenvalue weighted by Crippen LogP contribution is -2.45. The average molecular weight is 330 g/mol. The number of benzene rings is 1. The SMILES string of the molecule is CCC(CC)(CN)C(=O)NCCc1ccc([N+](=O)[O-])cc1.Cl. The Balaban J connectivity index is 0.00000441. The number of nitrogens with one attached hydrogen (secondary N) is 1. The number of nitrogens with two attached hydrogens (primary N) is 1. The molecule has 0 aliphatic rings.